The largest absolute Gasteiger partial charge is 0.455 e. The van der Waals surface area contributed by atoms with Crippen LogP contribution in [0.1, 0.15) is 33.0 Å². The van der Waals surface area contributed by atoms with E-state index in [2.05, 4.69) is 34.5 Å². The number of halogens is 1. The summed E-state index contributed by atoms with van der Waals surface area (Å²) in [4.78, 5) is 14.8. The van der Waals surface area contributed by atoms with Gasteiger partial charge in [0.05, 0.1) is 6.54 Å². The van der Waals surface area contributed by atoms with Gasteiger partial charge in [-0.15, -0.1) is 0 Å². The fourth-order valence-corrected chi connectivity index (χ4v) is 3.84. The van der Waals surface area contributed by atoms with Crippen molar-refractivity contribution in [2.24, 2.45) is 0 Å². The van der Waals surface area contributed by atoms with E-state index in [-0.39, 0.29) is 5.91 Å². The van der Waals surface area contributed by atoms with Crippen molar-refractivity contribution in [3.63, 3.8) is 0 Å². The monoisotopic (exact) mass is 458 g/mol. The zero-order valence-corrected chi connectivity index (χ0v) is 19.2. The Morgan fingerprint density at radius 3 is 2.00 bits per heavy atom. The molecule has 0 unspecified atom stereocenters. The Bertz CT molecular complexity index is 1140. The van der Waals surface area contributed by atoms with Gasteiger partial charge in [-0.2, -0.15) is 0 Å². The number of benzene rings is 3. The summed E-state index contributed by atoms with van der Waals surface area (Å²) >= 11 is 6.04. The van der Waals surface area contributed by atoms with E-state index in [0.717, 1.165) is 30.3 Å². The second kappa shape index (κ2) is 11.5. The maximum absolute atomic E-state index is 12.5. The summed E-state index contributed by atoms with van der Waals surface area (Å²) in [6, 6.07) is 31.9. The highest BCUT2D eigenvalue weighted by Crippen LogP contribution is 2.18. The van der Waals surface area contributed by atoms with Crippen molar-refractivity contribution in [2.75, 3.05) is 6.54 Å². The topological polar surface area (TPSA) is 45.5 Å². The molecule has 0 saturated carbocycles. The molecule has 0 aliphatic heterocycles. The number of nitrogens with zero attached hydrogens (tertiary/aromatic N) is 1. The normalized spacial score (nSPS) is 11.0. The van der Waals surface area contributed by atoms with Crippen LogP contribution in [-0.2, 0) is 26.1 Å². The molecule has 1 heterocycles. The van der Waals surface area contributed by atoms with Gasteiger partial charge in [-0.25, -0.2) is 0 Å². The second-order valence-corrected chi connectivity index (χ2v) is 8.45. The number of hydrogen-bond acceptors (Lipinski definition) is 3. The number of nitrogens with one attached hydrogen (secondary N) is 1. The van der Waals surface area contributed by atoms with Gasteiger partial charge in [0, 0.05) is 24.7 Å². The van der Waals surface area contributed by atoms with E-state index < -0.39 is 0 Å². The second-order valence-electron chi connectivity index (χ2n) is 8.01. The van der Waals surface area contributed by atoms with Crippen LogP contribution >= 0.6 is 11.6 Å². The zero-order valence-electron chi connectivity index (χ0n) is 18.4. The van der Waals surface area contributed by atoms with Crippen molar-refractivity contribution in [3.8, 4) is 0 Å². The van der Waals surface area contributed by atoms with E-state index in [4.69, 9.17) is 16.0 Å². The van der Waals surface area contributed by atoms with E-state index in [1.807, 2.05) is 66.7 Å². The van der Waals surface area contributed by atoms with E-state index in [1.54, 1.807) is 6.07 Å². The molecule has 4 aromatic rings. The number of rotatable bonds is 10. The molecule has 4 nitrogen and oxygen atoms in total. The highest BCUT2D eigenvalue weighted by Gasteiger charge is 2.14. The SMILES string of the molecule is O=C(NCCc1ccccc1)c1ccc(CN(Cc2ccccc2)Cc2ccc(Cl)cc2)o1. The summed E-state index contributed by atoms with van der Waals surface area (Å²) in [5.41, 5.74) is 3.58. The molecule has 1 amide bonds. The molecule has 0 saturated heterocycles. The van der Waals surface area contributed by atoms with Gasteiger partial charge >= 0.3 is 0 Å². The molecule has 0 aliphatic carbocycles. The lowest BCUT2D eigenvalue weighted by atomic mass is 10.1. The maximum Gasteiger partial charge on any atom is 0.287 e. The molecule has 0 spiro atoms. The van der Waals surface area contributed by atoms with Crippen molar-refractivity contribution in [1.82, 2.24) is 10.2 Å². The predicted molar refractivity (Wildman–Crippen MR) is 132 cm³/mol. The highest BCUT2D eigenvalue weighted by atomic mass is 35.5. The number of hydrogen-bond donors (Lipinski definition) is 1. The lowest BCUT2D eigenvalue weighted by Crippen LogP contribution is -2.25. The molecule has 1 aromatic heterocycles. The van der Waals surface area contributed by atoms with Gasteiger partial charge in [-0.05, 0) is 47.4 Å². The zero-order chi connectivity index (χ0) is 22.9. The number of furan rings is 1. The Hall–Kier alpha value is -3.34. The van der Waals surface area contributed by atoms with Crippen LogP contribution in [0.4, 0.5) is 0 Å². The Morgan fingerprint density at radius 2 is 1.33 bits per heavy atom. The van der Waals surface area contributed by atoms with Crippen molar-refractivity contribution in [1.29, 1.82) is 0 Å². The highest BCUT2D eigenvalue weighted by molar-refractivity contribution is 6.30. The van der Waals surface area contributed by atoms with Crippen molar-refractivity contribution < 1.29 is 9.21 Å². The fraction of sp³-hybridized carbons (Fsp3) is 0.179. The minimum absolute atomic E-state index is 0.190. The van der Waals surface area contributed by atoms with Gasteiger partial charge in [0.25, 0.3) is 5.91 Å². The standard InChI is InChI=1S/C28H27ClN2O2/c29-25-13-11-24(12-14-25)20-31(19-23-9-5-2-6-10-23)21-26-15-16-27(33-26)28(32)30-18-17-22-7-3-1-4-8-22/h1-16H,17-21H2,(H,30,32). The first-order valence-corrected chi connectivity index (χ1v) is 11.4. The smallest absolute Gasteiger partial charge is 0.287 e. The van der Waals surface area contributed by atoms with Gasteiger partial charge in [0.1, 0.15) is 5.76 Å². The molecular weight excluding hydrogens is 432 g/mol. The number of carbonyl (C=O) groups is 1. The molecule has 0 aliphatic rings. The van der Waals surface area contributed by atoms with Crippen molar-refractivity contribution in [2.45, 2.75) is 26.1 Å². The average molecular weight is 459 g/mol. The maximum atomic E-state index is 12.5. The molecule has 0 fully saturated rings. The van der Waals surface area contributed by atoms with Crippen LogP contribution in [0.15, 0.2) is 101 Å². The minimum Gasteiger partial charge on any atom is -0.455 e. The molecule has 168 valence electrons. The molecular formula is C28H27ClN2O2. The Balaban J connectivity index is 1.38. The van der Waals surface area contributed by atoms with Crippen LogP contribution in [-0.4, -0.2) is 17.4 Å². The molecule has 0 radical (unpaired) electrons. The molecule has 1 N–H and O–H groups in total. The first-order chi connectivity index (χ1) is 16.2. The Kier molecular flexibility index (Phi) is 7.96. The van der Waals surface area contributed by atoms with Gasteiger partial charge in [-0.1, -0.05) is 84.4 Å². The van der Waals surface area contributed by atoms with Gasteiger partial charge in [0.15, 0.2) is 5.76 Å². The van der Waals surface area contributed by atoms with Gasteiger partial charge in [0.2, 0.25) is 0 Å². The van der Waals surface area contributed by atoms with Crippen LogP contribution in [0.5, 0.6) is 0 Å². The fourth-order valence-electron chi connectivity index (χ4n) is 3.71. The van der Waals surface area contributed by atoms with E-state index >= 15 is 0 Å². The third-order valence-corrected chi connectivity index (χ3v) is 5.63. The number of amides is 1. The van der Waals surface area contributed by atoms with E-state index in [0.29, 0.717) is 18.8 Å². The average Bonchev–Trinajstić information content (AvgIpc) is 3.30. The molecule has 0 bridgehead atoms. The van der Waals surface area contributed by atoms with Crippen LogP contribution in [0.25, 0.3) is 0 Å². The summed E-state index contributed by atoms with van der Waals surface area (Å²) in [7, 11) is 0. The first-order valence-electron chi connectivity index (χ1n) is 11.1. The molecule has 4 rings (SSSR count). The lowest BCUT2D eigenvalue weighted by Gasteiger charge is -2.21. The third-order valence-electron chi connectivity index (χ3n) is 5.38. The predicted octanol–water partition coefficient (Wildman–Crippen LogP) is 6.11. The summed E-state index contributed by atoms with van der Waals surface area (Å²) in [5, 5.41) is 3.66. The van der Waals surface area contributed by atoms with E-state index in [1.165, 1.54) is 16.7 Å². The molecule has 3 aromatic carbocycles. The number of carbonyl (C=O) groups excluding carboxylic acids is 1. The first kappa shape index (κ1) is 22.8. The van der Waals surface area contributed by atoms with Gasteiger partial charge in [-0.3, -0.25) is 9.69 Å². The van der Waals surface area contributed by atoms with Crippen LogP contribution in [0.2, 0.25) is 5.02 Å². The minimum atomic E-state index is -0.190. The summed E-state index contributed by atoms with van der Waals surface area (Å²) in [6.07, 6.45) is 0.784. The summed E-state index contributed by atoms with van der Waals surface area (Å²) in [6.45, 7) is 2.67. The summed E-state index contributed by atoms with van der Waals surface area (Å²) < 4.78 is 5.90. The van der Waals surface area contributed by atoms with Crippen LogP contribution < -0.4 is 5.32 Å². The van der Waals surface area contributed by atoms with Gasteiger partial charge < -0.3 is 9.73 Å². The van der Waals surface area contributed by atoms with Crippen molar-refractivity contribution >= 4 is 17.5 Å². The van der Waals surface area contributed by atoms with E-state index in [9.17, 15) is 4.79 Å². The van der Waals surface area contributed by atoms with Crippen molar-refractivity contribution in [3.05, 3.63) is 130 Å². The lowest BCUT2D eigenvalue weighted by molar-refractivity contribution is 0.0922. The molecule has 5 heteroatoms. The molecule has 33 heavy (non-hydrogen) atoms. The Labute approximate surface area is 199 Å². The van der Waals surface area contributed by atoms with Crippen LogP contribution in [0.3, 0.4) is 0 Å². The van der Waals surface area contributed by atoms with Crippen LogP contribution in [0, 0.1) is 0 Å². The summed E-state index contributed by atoms with van der Waals surface area (Å²) in [5.74, 6) is 0.904. The third kappa shape index (κ3) is 7.07. The quantitative estimate of drug-likeness (QED) is 0.312. The Morgan fingerprint density at radius 1 is 0.727 bits per heavy atom. The molecule has 0 atom stereocenters.